The average molecular weight is 400 g/mol. The molecule has 1 fully saturated rings. The standard InChI is InChI=1S/C23H25N7/c1-29-9-7-19(8-10-29)30-15-18(14-26-30)17-11-20(23(24)25-13-17)22-12-21(27-28-22)16-5-3-2-4-6-16/h2-6,11-15,19H,7-10H2,1H3,(H2,24,25)(H,27,28). The third kappa shape index (κ3) is 3.59. The third-order valence-corrected chi connectivity index (χ3v) is 5.85. The predicted octanol–water partition coefficient (Wildman–Crippen LogP) is 3.85. The van der Waals surface area contributed by atoms with Gasteiger partial charge in [-0.15, -0.1) is 0 Å². The van der Waals surface area contributed by atoms with Crippen molar-refractivity contribution in [3.05, 3.63) is 61.1 Å². The Labute approximate surface area is 175 Å². The summed E-state index contributed by atoms with van der Waals surface area (Å²) < 4.78 is 2.10. The lowest BCUT2D eigenvalue weighted by molar-refractivity contribution is 0.212. The van der Waals surface area contributed by atoms with Crippen LogP contribution in [0, 0.1) is 0 Å². The van der Waals surface area contributed by atoms with Gasteiger partial charge in [-0.3, -0.25) is 9.78 Å². The van der Waals surface area contributed by atoms with Crippen molar-refractivity contribution in [3.8, 4) is 33.6 Å². The normalized spacial score (nSPS) is 15.5. The number of nitrogen functional groups attached to an aromatic ring is 1. The Bertz CT molecular complexity index is 1140. The van der Waals surface area contributed by atoms with E-state index in [0.29, 0.717) is 11.9 Å². The van der Waals surface area contributed by atoms with E-state index < -0.39 is 0 Å². The molecule has 0 amide bonds. The van der Waals surface area contributed by atoms with Gasteiger partial charge in [-0.05, 0) is 45.1 Å². The highest BCUT2D eigenvalue weighted by Crippen LogP contribution is 2.31. The van der Waals surface area contributed by atoms with Crippen LogP contribution in [0.1, 0.15) is 18.9 Å². The summed E-state index contributed by atoms with van der Waals surface area (Å²) in [6.45, 7) is 2.22. The molecule has 1 aliphatic rings. The van der Waals surface area contributed by atoms with E-state index in [1.807, 2.05) is 48.8 Å². The van der Waals surface area contributed by atoms with Crippen LogP contribution in [0.4, 0.5) is 5.82 Å². The van der Waals surface area contributed by atoms with Gasteiger partial charge in [0.15, 0.2) is 0 Å². The number of H-pyrrole nitrogens is 1. The Balaban J connectivity index is 1.43. The minimum Gasteiger partial charge on any atom is -0.383 e. The lowest BCUT2D eigenvalue weighted by Crippen LogP contribution is -2.31. The van der Waals surface area contributed by atoms with Crippen molar-refractivity contribution in [1.82, 2.24) is 29.9 Å². The molecule has 7 nitrogen and oxygen atoms in total. The first-order valence-electron chi connectivity index (χ1n) is 10.3. The van der Waals surface area contributed by atoms with Gasteiger partial charge in [-0.25, -0.2) is 4.98 Å². The van der Waals surface area contributed by atoms with Crippen LogP contribution in [-0.2, 0) is 0 Å². The van der Waals surface area contributed by atoms with Crippen LogP contribution in [-0.4, -0.2) is 50.0 Å². The summed E-state index contributed by atoms with van der Waals surface area (Å²) in [6, 6.07) is 14.6. The second-order valence-corrected chi connectivity index (χ2v) is 7.93. The molecule has 152 valence electrons. The number of aromatic nitrogens is 5. The number of nitrogens with zero attached hydrogens (tertiary/aromatic N) is 5. The maximum Gasteiger partial charge on any atom is 0.132 e. The number of hydrogen-bond acceptors (Lipinski definition) is 5. The molecule has 0 saturated carbocycles. The highest BCUT2D eigenvalue weighted by Gasteiger charge is 2.19. The van der Waals surface area contributed by atoms with E-state index in [2.05, 4.69) is 49.2 Å². The van der Waals surface area contributed by atoms with Crippen molar-refractivity contribution < 1.29 is 0 Å². The smallest absolute Gasteiger partial charge is 0.132 e. The van der Waals surface area contributed by atoms with E-state index in [1.54, 1.807) is 0 Å². The fraction of sp³-hybridized carbons (Fsp3) is 0.261. The number of aromatic amines is 1. The molecule has 0 atom stereocenters. The summed E-state index contributed by atoms with van der Waals surface area (Å²) in [4.78, 5) is 6.80. The number of pyridine rings is 1. The van der Waals surface area contributed by atoms with Crippen LogP contribution in [0.2, 0.25) is 0 Å². The quantitative estimate of drug-likeness (QED) is 0.544. The van der Waals surface area contributed by atoms with Crippen LogP contribution in [0.5, 0.6) is 0 Å². The number of anilines is 1. The largest absolute Gasteiger partial charge is 0.383 e. The molecule has 4 heterocycles. The third-order valence-electron chi connectivity index (χ3n) is 5.85. The number of piperidine rings is 1. The summed E-state index contributed by atoms with van der Waals surface area (Å²) in [5.74, 6) is 0.477. The van der Waals surface area contributed by atoms with Gasteiger partial charge in [0.2, 0.25) is 0 Å². The zero-order chi connectivity index (χ0) is 20.5. The monoisotopic (exact) mass is 399 g/mol. The van der Waals surface area contributed by atoms with Crippen molar-refractivity contribution in [2.75, 3.05) is 25.9 Å². The van der Waals surface area contributed by atoms with Gasteiger partial charge >= 0.3 is 0 Å². The van der Waals surface area contributed by atoms with Crippen LogP contribution in [0.3, 0.4) is 0 Å². The maximum absolute atomic E-state index is 6.20. The zero-order valence-electron chi connectivity index (χ0n) is 17.0. The fourth-order valence-corrected chi connectivity index (χ4v) is 4.01. The molecule has 0 radical (unpaired) electrons. The number of benzene rings is 1. The number of rotatable bonds is 4. The minimum atomic E-state index is 0.456. The molecule has 4 aromatic rings. The molecule has 5 rings (SSSR count). The fourth-order valence-electron chi connectivity index (χ4n) is 4.01. The SMILES string of the molecule is CN1CCC(n2cc(-c3cnc(N)c(-c4cc(-c5ccccc5)n[nH]4)c3)cn2)CC1. The summed E-state index contributed by atoms with van der Waals surface area (Å²) in [5.41, 5.74) is 11.9. The molecule has 0 unspecified atom stereocenters. The van der Waals surface area contributed by atoms with Crippen LogP contribution < -0.4 is 5.73 Å². The van der Waals surface area contributed by atoms with Gasteiger partial charge in [0.1, 0.15) is 5.82 Å². The maximum atomic E-state index is 6.20. The first-order valence-corrected chi connectivity index (χ1v) is 10.3. The average Bonchev–Trinajstić information content (AvgIpc) is 3.46. The van der Waals surface area contributed by atoms with Gasteiger partial charge in [-0.2, -0.15) is 10.2 Å². The van der Waals surface area contributed by atoms with Gasteiger partial charge in [0.05, 0.1) is 23.6 Å². The van der Waals surface area contributed by atoms with Gasteiger partial charge in [0, 0.05) is 34.6 Å². The Morgan fingerprint density at radius 2 is 1.80 bits per heavy atom. The second kappa shape index (κ2) is 7.76. The minimum absolute atomic E-state index is 0.456. The zero-order valence-corrected chi connectivity index (χ0v) is 17.0. The van der Waals surface area contributed by atoms with E-state index >= 15 is 0 Å². The van der Waals surface area contributed by atoms with Crippen molar-refractivity contribution in [1.29, 1.82) is 0 Å². The summed E-state index contributed by atoms with van der Waals surface area (Å²) in [5, 5.41) is 12.2. The van der Waals surface area contributed by atoms with E-state index in [0.717, 1.165) is 59.6 Å². The Morgan fingerprint density at radius 1 is 1.00 bits per heavy atom. The van der Waals surface area contributed by atoms with Crippen LogP contribution in [0.25, 0.3) is 33.6 Å². The number of likely N-dealkylation sites (tertiary alicyclic amines) is 1. The van der Waals surface area contributed by atoms with Gasteiger partial charge < -0.3 is 10.6 Å². The molecular formula is C23H25N7. The second-order valence-electron chi connectivity index (χ2n) is 7.93. The summed E-state index contributed by atoms with van der Waals surface area (Å²) in [6.07, 6.45) is 8.09. The van der Waals surface area contributed by atoms with E-state index in [-0.39, 0.29) is 0 Å². The molecule has 3 aromatic heterocycles. The highest BCUT2D eigenvalue weighted by atomic mass is 15.3. The summed E-state index contributed by atoms with van der Waals surface area (Å²) in [7, 11) is 2.17. The molecule has 30 heavy (non-hydrogen) atoms. The Kier molecular flexibility index (Phi) is 4.80. The highest BCUT2D eigenvalue weighted by molar-refractivity contribution is 5.79. The first kappa shape index (κ1) is 18.6. The van der Waals surface area contributed by atoms with Crippen molar-refractivity contribution in [2.45, 2.75) is 18.9 Å². The molecule has 1 aliphatic heterocycles. The molecule has 0 bridgehead atoms. The molecular weight excluding hydrogens is 374 g/mol. The van der Waals surface area contributed by atoms with E-state index in [1.165, 1.54) is 0 Å². The molecule has 7 heteroatoms. The molecule has 1 saturated heterocycles. The Hall–Kier alpha value is -3.45. The van der Waals surface area contributed by atoms with Crippen LogP contribution in [0.15, 0.2) is 61.1 Å². The lowest BCUT2D eigenvalue weighted by atomic mass is 10.0. The lowest BCUT2D eigenvalue weighted by Gasteiger charge is -2.28. The molecule has 0 spiro atoms. The Morgan fingerprint density at radius 3 is 2.60 bits per heavy atom. The van der Waals surface area contributed by atoms with Gasteiger partial charge in [-0.1, -0.05) is 30.3 Å². The van der Waals surface area contributed by atoms with Crippen LogP contribution >= 0.6 is 0 Å². The van der Waals surface area contributed by atoms with E-state index in [4.69, 9.17) is 5.73 Å². The molecule has 1 aromatic carbocycles. The first-order chi connectivity index (χ1) is 14.7. The topological polar surface area (TPSA) is 88.6 Å². The molecule has 3 N–H and O–H groups in total. The van der Waals surface area contributed by atoms with Crippen molar-refractivity contribution in [2.24, 2.45) is 0 Å². The molecule has 0 aliphatic carbocycles. The number of nitrogens with two attached hydrogens (primary N) is 1. The number of hydrogen-bond donors (Lipinski definition) is 2. The van der Waals surface area contributed by atoms with Gasteiger partial charge in [0.25, 0.3) is 0 Å². The van der Waals surface area contributed by atoms with Crippen molar-refractivity contribution in [3.63, 3.8) is 0 Å². The van der Waals surface area contributed by atoms with E-state index in [9.17, 15) is 0 Å². The number of nitrogens with one attached hydrogen (secondary N) is 1. The van der Waals surface area contributed by atoms with Crippen molar-refractivity contribution >= 4 is 5.82 Å². The summed E-state index contributed by atoms with van der Waals surface area (Å²) >= 11 is 0. The predicted molar refractivity (Wildman–Crippen MR) is 119 cm³/mol.